The van der Waals surface area contributed by atoms with Crippen LogP contribution in [0.2, 0.25) is 5.28 Å². The van der Waals surface area contributed by atoms with E-state index < -0.39 is 17.2 Å². The molecule has 0 bridgehead atoms. The summed E-state index contributed by atoms with van der Waals surface area (Å²) in [5.41, 5.74) is -1.14. The number of nitrogens with zero attached hydrogens (tertiary/aromatic N) is 2. The van der Waals surface area contributed by atoms with Gasteiger partial charge in [-0.25, -0.2) is 4.98 Å². The number of ether oxygens (including phenoxy) is 1. The van der Waals surface area contributed by atoms with Crippen molar-refractivity contribution in [2.24, 2.45) is 0 Å². The van der Waals surface area contributed by atoms with Gasteiger partial charge in [-0.3, -0.25) is 0 Å². The van der Waals surface area contributed by atoms with Gasteiger partial charge in [0.15, 0.2) is 5.69 Å². The number of aromatic nitrogens is 2. The van der Waals surface area contributed by atoms with Crippen molar-refractivity contribution in [1.82, 2.24) is 9.97 Å². The van der Waals surface area contributed by atoms with E-state index in [2.05, 4.69) is 9.97 Å². The molecule has 1 aromatic heterocycles. The summed E-state index contributed by atoms with van der Waals surface area (Å²) in [6.45, 7) is 0. The molecule has 0 N–H and O–H groups in total. The predicted molar refractivity (Wildman–Crippen MR) is 70.3 cm³/mol. The summed E-state index contributed by atoms with van der Waals surface area (Å²) >= 11 is 6.89. The third-order valence-electron chi connectivity index (χ3n) is 2.25. The van der Waals surface area contributed by atoms with Gasteiger partial charge in [-0.2, -0.15) is 18.2 Å². The number of para-hydroxylation sites is 1. The van der Waals surface area contributed by atoms with Crippen LogP contribution < -0.4 is 4.74 Å². The zero-order chi connectivity index (χ0) is 14.8. The van der Waals surface area contributed by atoms with Crippen molar-refractivity contribution >= 4 is 23.4 Å². The topological polar surface area (TPSA) is 35.0 Å². The molecule has 20 heavy (non-hydrogen) atoms. The highest BCUT2D eigenvalue weighted by molar-refractivity contribution is 7.98. The number of hydrogen-bond acceptors (Lipinski definition) is 4. The van der Waals surface area contributed by atoms with Crippen molar-refractivity contribution in [2.75, 3.05) is 6.26 Å². The Morgan fingerprint density at radius 3 is 2.55 bits per heavy atom. The van der Waals surface area contributed by atoms with E-state index in [1.807, 2.05) is 6.26 Å². The molecule has 1 heterocycles. The SMILES string of the molecule is CSc1ccccc1Oc1cc(C(F)(F)F)nc(Cl)n1. The van der Waals surface area contributed by atoms with Crippen LogP contribution in [0.5, 0.6) is 11.6 Å². The van der Waals surface area contributed by atoms with Gasteiger partial charge in [0, 0.05) is 11.0 Å². The van der Waals surface area contributed by atoms with Crippen molar-refractivity contribution in [2.45, 2.75) is 11.1 Å². The number of thioether (sulfide) groups is 1. The number of halogens is 4. The van der Waals surface area contributed by atoms with Crippen LogP contribution >= 0.6 is 23.4 Å². The largest absolute Gasteiger partial charge is 0.438 e. The molecule has 2 rings (SSSR count). The number of rotatable bonds is 3. The monoisotopic (exact) mass is 320 g/mol. The van der Waals surface area contributed by atoms with Gasteiger partial charge in [0.25, 0.3) is 0 Å². The molecule has 8 heteroatoms. The van der Waals surface area contributed by atoms with E-state index in [0.29, 0.717) is 11.8 Å². The molecule has 0 aliphatic carbocycles. The zero-order valence-electron chi connectivity index (χ0n) is 10.1. The Kier molecular flexibility index (Phi) is 4.39. The molecule has 0 amide bonds. The summed E-state index contributed by atoms with van der Waals surface area (Å²) in [5, 5.41) is -0.517. The van der Waals surface area contributed by atoms with Gasteiger partial charge in [-0.1, -0.05) is 12.1 Å². The third-order valence-corrected chi connectivity index (χ3v) is 3.20. The summed E-state index contributed by atoms with van der Waals surface area (Å²) < 4.78 is 43.2. The first-order valence-corrected chi connectivity index (χ1v) is 6.93. The number of benzene rings is 1. The Morgan fingerprint density at radius 1 is 1.20 bits per heavy atom. The van der Waals surface area contributed by atoms with E-state index in [1.165, 1.54) is 11.8 Å². The summed E-state index contributed by atoms with van der Waals surface area (Å²) in [7, 11) is 0. The minimum absolute atomic E-state index is 0.251. The van der Waals surface area contributed by atoms with Gasteiger partial charge in [-0.15, -0.1) is 11.8 Å². The van der Waals surface area contributed by atoms with Crippen LogP contribution in [0.25, 0.3) is 0 Å². The number of alkyl halides is 3. The van der Waals surface area contributed by atoms with Crippen LogP contribution in [-0.4, -0.2) is 16.2 Å². The van der Waals surface area contributed by atoms with Crippen molar-refractivity contribution in [1.29, 1.82) is 0 Å². The second-order valence-corrected chi connectivity index (χ2v) is 4.80. The van der Waals surface area contributed by atoms with Gasteiger partial charge in [0.2, 0.25) is 11.2 Å². The molecule has 3 nitrogen and oxygen atoms in total. The highest BCUT2D eigenvalue weighted by atomic mass is 35.5. The van der Waals surface area contributed by atoms with Crippen molar-refractivity contribution in [3.8, 4) is 11.6 Å². The Balaban J connectivity index is 2.36. The van der Waals surface area contributed by atoms with Gasteiger partial charge >= 0.3 is 6.18 Å². The maximum absolute atomic E-state index is 12.6. The molecule has 1 aromatic carbocycles. The molecule has 2 aromatic rings. The van der Waals surface area contributed by atoms with Crippen LogP contribution in [0.4, 0.5) is 13.2 Å². The smallest absolute Gasteiger partial charge is 0.433 e. The standard InChI is InChI=1S/C12H8ClF3N2OS/c1-20-8-5-3-2-4-7(8)19-10-6-9(12(14,15)16)17-11(13)18-10/h2-6H,1H3. The number of hydrogen-bond donors (Lipinski definition) is 0. The molecule has 0 atom stereocenters. The highest BCUT2D eigenvalue weighted by Crippen LogP contribution is 2.34. The van der Waals surface area contributed by atoms with Crippen molar-refractivity contribution in [3.63, 3.8) is 0 Å². The zero-order valence-corrected chi connectivity index (χ0v) is 11.7. The average Bonchev–Trinajstić information content (AvgIpc) is 2.37. The fraction of sp³-hybridized carbons (Fsp3) is 0.167. The third kappa shape index (κ3) is 3.55. The Hall–Kier alpha value is -1.47. The molecule has 0 spiro atoms. The van der Waals surface area contributed by atoms with E-state index in [9.17, 15) is 13.2 Å². The lowest BCUT2D eigenvalue weighted by molar-refractivity contribution is -0.141. The van der Waals surface area contributed by atoms with E-state index in [0.717, 1.165) is 4.90 Å². The average molecular weight is 321 g/mol. The van der Waals surface area contributed by atoms with E-state index in [-0.39, 0.29) is 5.88 Å². The summed E-state index contributed by atoms with van der Waals surface area (Å²) in [5.74, 6) is 0.154. The molecule has 0 aliphatic heterocycles. The second-order valence-electron chi connectivity index (χ2n) is 3.61. The van der Waals surface area contributed by atoms with Gasteiger partial charge < -0.3 is 4.74 Å². The fourth-order valence-corrected chi connectivity index (χ4v) is 2.11. The summed E-state index contributed by atoms with van der Waals surface area (Å²) in [4.78, 5) is 7.55. The lowest BCUT2D eigenvalue weighted by Gasteiger charge is -2.11. The van der Waals surface area contributed by atoms with Crippen LogP contribution in [-0.2, 0) is 6.18 Å². The molecule has 0 fully saturated rings. The van der Waals surface area contributed by atoms with Crippen LogP contribution in [0.1, 0.15) is 5.69 Å². The molecular weight excluding hydrogens is 313 g/mol. The first kappa shape index (κ1) is 14.9. The fourth-order valence-electron chi connectivity index (χ4n) is 1.41. The van der Waals surface area contributed by atoms with E-state index >= 15 is 0 Å². The van der Waals surface area contributed by atoms with Gasteiger partial charge in [-0.05, 0) is 30.0 Å². The van der Waals surface area contributed by atoms with Crippen LogP contribution in [0.15, 0.2) is 35.2 Å². The minimum atomic E-state index is -4.61. The predicted octanol–water partition coefficient (Wildman–Crippen LogP) is 4.66. The Bertz CT molecular complexity index is 622. The van der Waals surface area contributed by atoms with E-state index in [4.69, 9.17) is 16.3 Å². The second kappa shape index (κ2) is 5.88. The maximum Gasteiger partial charge on any atom is 0.433 e. The summed E-state index contributed by atoms with van der Waals surface area (Å²) in [6.07, 6.45) is -2.78. The van der Waals surface area contributed by atoms with Crippen molar-refractivity contribution < 1.29 is 17.9 Å². The Labute approximate surface area is 122 Å². The maximum atomic E-state index is 12.6. The molecule has 0 saturated carbocycles. The highest BCUT2D eigenvalue weighted by Gasteiger charge is 2.34. The first-order valence-electron chi connectivity index (χ1n) is 5.33. The van der Waals surface area contributed by atoms with Crippen LogP contribution in [0.3, 0.4) is 0 Å². The van der Waals surface area contributed by atoms with Gasteiger partial charge in [0.1, 0.15) is 5.75 Å². The van der Waals surface area contributed by atoms with Gasteiger partial charge in [0.05, 0.1) is 0 Å². The van der Waals surface area contributed by atoms with Crippen LogP contribution in [0, 0.1) is 0 Å². The first-order chi connectivity index (χ1) is 9.40. The molecule has 106 valence electrons. The van der Waals surface area contributed by atoms with Crippen molar-refractivity contribution in [3.05, 3.63) is 41.3 Å². The molecule has 0 unspecified atom stereocenters. The molecule has 0 radical (unpaired) electrons. The molecule has 0 aliphatic rings. The summed E-state index contributed by atoms with van der Waals surface area (Å²) in [6, 6.07) is 7.64. The molecule has 0 saturated heterocycles. The van der Waals surface area contributed by atoms with E-state index in [1.54, 1.807) is 24.3 Å². The quantitative estimate of drug-likeness (QED) is 0.608. The lowest BCUT2D eigenvalue weighted by Crippen LogP contribution is -2.09. The minimum Gasteiger partial charge on any atom is -0.438 e. The molecular formula is C12H8ClF3N2OS. The lowest BCUT2D eigenvalue weighted by atomic mass is 10.3. The normalized spacial score (nSPS) is 11.4. The Morgan fingerprint density at radius 2 is 1.90 bits per heavy atom.